The Morgan fingerprint density at radius 2 is 1.72 bits per heavy atom. The minimum absolute atomic E-state index is 0.151. The van der Waals surface area contributed by atoms with E-state index >= 15 is 0 Å². The van der Waals surface area contributed by atoms with Crippen LogP contribution in [0.15, 0.2) is 67.0 Å². The molecule has 1 fully saturated rings. The molecular weight excluding hydrogens is 422 g/mol. The highest BCUT2D eigenvalue weighted by Gasteiger charge is 2.28. The minimum atomic E-state index is -0.194. The van der Waals surface area contributed by atoms with Gasteiger partial charge < -0.3 is 9.80 Å². The van der Waals surface area contributed by atoms with Crippen molar-refractivity contribution >= 4 is 34.2 Å². The molecule has 1 aliphatic rings. The Morgan fingerprint density at radius 1 is 1.00 bits per heavy atom. The first-order valence-electron chi connectivity index (χ1n) is 10.8. The SMILES string of the molecule is C[C@H](C(=O)N1CCN(c2c(-c3ccccc3)cnc3[nH]ncc23)CC1)c1ccc(Cl)cc1. The molecule has 0 spiro atoms. The zero-order valence-corrected chi connectivity index (χ0v) is 18.6. The van der Waals surface area contributed by atoms with E-state index in [4.69, 9.17) is 11.6 Å². The number of fused-ring (bicyclic) bond motifs is 1. The fourth-order valence-corrected chi connectivity index (χ4v) is 4.50. The quantitative estimate of drug-likeness (QED) is 0.493. The summed E-state index contributed by atoms with van der Waals surface area (Å²) in [5.74, 6) is -0.0429. The maximum atomic E-state index is 13.1. The number of piperazine rings is 1. The van der Waals surface area contributed by atoms with Crippen LogP contribution in [0.3, 0.4) is 0 Å². The summed E-state index contributed by atoms with van der Waals surface area (Å²) in [5.41, 5.74) is 5.08. The van der Waals surface area contributed by atoms with Crippen molar-refractivity contribution in [2.75, 3.05) is 31.1 Å². The van der Waals surface area contributed by atoms with Crippen molar-refractivity contribution in [3.05, 3.63) is 77.6 Å². The molecule has 162 valence electrons. The third kappa shape index (κ3) is 3.82. The highest BCUT2D eigenvalue weighted by atomic mass is 35.5. The number of aromatic nitrogens is 3. The van der Waals surface area contributed by atoms with E-state index in [9.17, 15) is 4.79 Å². The van der Waals surface area contributed by atoms with Crippen LogP contribution in [0.1, 0.15) is 18.4 Å². The van der Waals surface area contributed by atoms with Gasteiger partial charge in [0.2, 0.25) is 5.91 Å². The molecule has 4 aromatic rings. The van der Waals surface area contributed by atoms with Gasteiger partial charge in [-0.2, -0.15) is 5.10 Å². The summed E-state index contributed by atoms with van der Waals surface area (Å²) in [6.45, 7) is 4.81. The molecule has 0 saturated carbocycles. The van der Waals surface area contributed by atoms with Gasteiger partial charge in [0.15, 0.2) is 5.65 Å². The van der Waals surface area contributed by atoms with E-state index in [0.717, 1.165) is 46.5 Å². The predicted octanol–water partition coefficient (Wildman–Crippen LogP) is 4.73. The van der Waals surface area contributed by atoms with Gasteiger partial charge in [0, 0.05) is 43.0 Å². The summed E-state index contributed by atoms with van der Waals surface area (Å²) in [6, 6.07) is 17.8. The van der Waals surface area contributed by atoms with Crippen molar-refractivity contribution in [3.63, 3.8) is 0 Å². The fourth-order valence-electron chi connectivity index (χ4n) is 4.37. The lowest BCUT2D eigenvalue weighted by atomic mass is 9.99. The Morgan fingerprint density at radius 3 is 2.44 bits per heavy atom. The van der Waals surface area contributed by atoms with Gasteiger partial charge in [0.05, 0.1) is 23.2 Å². The zero-order valence-electron chi connectivity index (χ0n) is 17.8. The van der Waals surface area contributed by atoms with Gasteiger partial charge in [-0.25, -0.2) is 4.98 Å². The molecule has 2 aromatic heterocycles. The molecule has 0 bridgehead atoms. The first kappa shape index (κ1) is 20.5. The van der Waals surface area contributed by atoms with E-state index in [0.29, 0.717) is 18.1 Å². The average Bonchev–Trinajstić information content (AvgIpc) is 3.33. The molecule has 1 saturated heterocycles. The van der Waals surface area contributed by atoms with E-state index in [1.165, 1.54) is 0 Å². The van der Waals surface area contributed by atoms with E-state index < -0.39 is 0 Å². The summed E-state index contributed by atoms with van der Waals surface area (Å²) in [6.07, 6.45) is 3.75. The number of nitrogens with zero attached hydrogens (tertiary/aromatic N) is 4. The van der Waals surface area contributed by atoms with Gasteiger partial charge >= 0.3 is 0 Å². The van der Waals surface area contributed by atoms with Crippen LogP contribution >= 0.6 is 11.6 Å². The Balaban J connectivity index is 1.38. The Bertz CT molecular complexity index is 1230. The second-order valence-electron chi connectivity index (χ2n) is 8.10. The third-order valence-corrected chi connectivity index (χ3v) is 6.44. The molecule has 3 heterocycles. The number of nitrogens with one attached hydrogen (secondary N) is 1. The molecule has 6 nitrogen and oxygen atoms in total. The normalized spacial score (nSPS) is 15.2. The number of hydrogen-bond acceptors (Lipinski definition) is 4. The Hall–Kier alpha value is -3.38. The van der Waals surface area contributed by atoms with Crippen LogP contribution in [0, 0.1) is 0 Å². The number of anilines is 1. The van der Waals surface area contributed by atoms with Gasteiger partial charge in [0.25, 0.3) is 0 Å². The number of carbonyl (C=O) groups excluding carboxylic acids is 1. The highest BCUT2D eigenvalue weighted by molar-refractivity contribution is 6.30. The summed E-state index contributed by atoms with van der Waals surface area (Å²) in [4.78, 5) is 22.0. The highest BCUT2D eigenvalue weighted by Crippen LogP contribution is 2.36. The Labute approximate surface area is 191 Å². The summed E-state index contributed by atoms with van der Waals surface area (Å²) in [7, 11) is 0. The summed E-state index contributed by atoms with van der Waals surface area (Å²) >= 11 is 6.00. The lowest BCUT2D eigenvalue weighted by molar-refractivity contribution is -0.132. The maximum Gasteiger partial charge on any atom is 0.229 e. The average molecular weight is 446 g/mol. The summed E-state index contributed by atoms with van der Waals surface area (Å²) in [5, 5.41) is 8.87. The molecule has 1 N–H and O–H groups in total. The van der Waals surface area contributed by atoms with E-state index in [-0.39, 0.29) is 11.8 Å². The molecule has 0 aliphatic carbocycles. The maximum absolute atomic E-state index is 13.1. The Kier molecular flexibility index (Phi) is 5.53. The van der Waals surface area contributed by atoms with Gasteiger partial charge in [0.1, 0.15) is 0 Å². The molecular formula is C25H24ClN5O. The van der Waals surface area contributed by atoms with Crippen LogP contribution in [0.25, 0.3) is 22.2 Å². The monoisotopic (exact) mass is 445 g/mol. The van der Waals surface area contributed by atoms with Crippen molar-refractivity contribution in [1.29, 1.82) is 0 Å². The van der Waals surface area contributed by atoms with E-state index in [2.05, 4.69) is 32.2 Å². The minimum Gasteiger partial charge on any atom is -0.367 e. The molecule has 1 aliphatic heterocycles. The number of carbonyl (C=O) groups is 1. The molecule has 1 atom stereocenters. The van der Waals surface area contributed by atoms with Gasteiger partial charge in [-0.15, -0.1) is 0 Å². The molecule has 0 radical (unpaired) electrons. The van der Waals surface area contributed by atoms with Crippen LogP contribution in [0.5, 0.6) is 0 Å². The van der Waals surface area contributed by atoms with Crippen LogP contribution in [0.2, 0.25) is 5.02 Å². The topological polar surface area (TPSA) is 65.1 Å². The predicted molar refractivity (Wildman–Crippen MR) is 128 cm³/mol. The first-order valence-corrected chi connectivity index (χ1v) is 11.2. The zero-order chi connectivity index (χ0) is 22.1. The van der Waals surface area contributed by atoms with Crippen molar-refractivity contribution in [2.24, 2.45) is 0 Å². The van der Waals surface area contributed by atoms with Gasteiger partial charge in [-0.1, -0.05) is 54.1 Å². The van der Waals surface area contributed by atoms with Crippen LogP contribution in [0.4, 0.5) is 5.69 Å². The van der Waals surface area contributed by atoms with E-state index in [1.54, 1.807) is 0 Å². The number of benzene rings is 2. The molecule has 0 unspecified atom stereocenters. The third-order valence-electron chi connectivity index (χ3n) is 6.19. The van der Waals surface area contributed by atoms with Crippen LogP contribution in [-0.4, -0.2) is 52.2 Å². The number of aromatic amines is 1. The first-order chi connectivity index (χ1) is 15.6. The standard InChI is InChI=1S/C25H24ClN5O/c1-17(18-7-9-20(26)10-8-18)25(32)31-13-11-30(12-14-31)23-21(19-5-3-2-4-6-19)15-27-24-22(23)16-28-29-24/h2-10,15-17H,11-14H2,1H3,(H,27,28,29)/t17-/m0/s1. The van der Waals surface area contributed by atoms with E-state index in [1.807, 2.05) is 66.7 Å². The molecule has 32 heavy (non-hydrogen) atoms. The number of amides is 1. The van der Waals surface area contributed by atoms with Crippen molar-refractivity contribution in [3.8, 4) is 11.1 Å². The number of halogens is 1. The molecule has 1 amide bonds. The van der Waals surface area contributed by atoms with Crippen LogP contribution in [-0.2, 0) is 4.79 Å². The van der Waals surface area contributed by atoms with Gasteiger partial charge in [-0.05, 0) is 30.2 Å². The lowest BCUT2D eigenvalue weighted by Gasteiger charge is -2.38. The fraction of sp³-hybridized carbons (Fsp3) is 0.240. The summed E-state index contributed by atoms with van der Waals surface area (Å²) < 4.78 is 0. The second-order valence-corrected chi connectivity index (χ2v) is 8.54. The molecule has 5 rings (SSSR count). The molecule has 2 aromatic carbocycles. The number of rotatable bonds is 4. The van der Waals surface area contributed by atoms with Crippen molar-refractivity contribution in [2.45, 2.75) is 12.8 Å². The number of hydrogen-bond donors (Lipinski definition) is 1. The van der Waals surface area contributed by atoms with Crippen molar-refractivity contribution < 1.29 is 4.79 Å². The lowest BCUT2D eigenvalue weighted by Crippen LogP contribution is -2.50. The van der Waals surface area contributed by atoms with Crippen LogP contribution < -0.4 is 4.90 Å². The second kappa shape index (κ2) is 8.63. The smallest absolute Gasteiger partial charge is 0.229 e. The molecule has 7 heteroatoms. The number of pyridine rings is 1. The largest absolute Gasteiger partial charge is 0.367 e. The number of H-pyrrole nitrogens is 1. The van der Waals surface area contributed by atoms with Crippen molar-refractivity contribution in [1.82, 2.24) is 20.1 Å². The van der Waals surface area contributed by atoms with Gasteiger partial charge in [-0.3, -0.25) is 9.89 Å².